The summed E-state index contributed by atoms with van der Waals surface area (Å²) < 4.78 is 0. The van der Waals surface area contributed by atoms with E-state index < -0.39 is 5.60 Å². The average Bonchev–Trinajstić information content (AvgIpc) is 2.31. The molecule has 0 aromatic heterocycles. The Kier molecular flexibility index (Phi) is 2.52. The highest BCUT2D eigenvalue weighted by atomic mass is 16.3. The van der Waals surface area contributed by atoms with E-state index >= 15 is 0 Å². The van der Waals surface area contributed by atoms with Gasteiger partial charge in [-0.05, 0) is 19.9 Å². The highest BCUT2D eigenvalue weighted by Gasteiger charge is 2.38. The van der Waals surface area contributed by atoms with Crippen molar-refractivity contribution in [1.82, 2.24) is 4.90 Å². The number of aliphatic hydroxyl groups is 1. The first-order valence-corrected chi connectivity index (χ1v) is 4.25. The Morgan fingerprint density at radius 2 is 2.36 bits per heavy atom. The Morgan fingerprint density at radius 3 is 2.73 bits per heavy atom. The smallest absolute Gasteiger partial charge is 0.0935 e. The van der Waals surface area contributed by atoms with Crippen LogP contribution in [0.4, 0.5) is 0 Å². The van der Waals surface area contributed by atoms with Gasteiger partial charge in [0.15, 0.2) is 0 Å². The molecule has 0 aromatic carbocycles. The third-order valence-corrected chi connectivity index (χ3v) is 2.60. The van der Waals surface area contributed by atoms with Crippen molar-refractivity contribution < 1.29 is 5.11 Å². The molecule has 1 aliphatic rings. The van der Waals surface area contributed by atoms with Crippen molar-refractivity contribution in [3.63, 3.8) is 0 Å². The van der Waals surface area contributed by atoms with E-state index in [0.29, 0.717) is 0 Å². The van der Waals surface area contributed by atoms with Crippen molar-refractivity contribution in [3.05, 3.63) is 0 Å². The topological polar surface area (TPSA) is 49.5 Å². The molecule has 0 amide bonds. The van der Waals surface area contributed by atoms with E-state index in [9.17, 15) is 5.11 Å². The number of hydrogen-bond donors (Lipinski definition) is 2. The van der Waals surface area contributed by atoms with E-state index in [-0.39, 0.29) is 6.04 Å². The van der Waals surface area contributed by atoms with Crippen LogP contribution in [0.15, 0.2) is 0 Å². The maximum absolute atomic E-state index is 9.96. The molecular formula is C8H18N2O. The quantitative estimate of drug-likeness (QED) is 0.584. The van der Waals surface area contributed by atoms with Crippen LogP contribution in [0.1, 0.15) is 19.8 Å². The van der Waals surface area contributed by atoms with E-state index in [4.69, 9.17) is 5.73 Å². The first-order valence-electron chi connectivity index (χ1n) is 4.25. The van der Waals surface area contributed by atoms with Crippen LogP contribution in [0, 0.1) is 0 Å². The molecule has 0 aromatic rings. The molecule has 2 atom stereocenters. The van der Waals surface area contributed by atoms with Gasteiger partial charge in [0.05, 0.1) is 5.60 Å². The molecule has 0 aliphatic carbocycles. The lowest BCUT2D eigenvalue weighted by Gasteiger charge is -2.28. The number of rotatable bonds is 2. The molecule has 3 heteroatoms. The largest absolute Gasteiger partial charge is 0.387 e. The maximum Gasteiger partial charge on any atom is 0.0935 e. The number of β-amino-alcohol motifs (C(OH)–C–C–N with tert-alkyl or cyclic N) is 1. The molecule has 2 unspecified atom stereocenters. The molecule has 3 nitrogen and oxygen atoms in total. The second-order valence-electron chi connectivity index (χ2n) is 3.61. The summed E-state index contributed by atoms with van der Waals surface area (Å²) in [6, 6.07) is -0.0625. The molecule has 0 spiro atoms. The second kappa shape index (κ2) is 3.09. The summed E-state index contributed by atoms with van der Waals surface area (Å²) in [5.41, 5.74) is 5.18. The van der Waals surface area contributed by atoms with Crippen LogP contribution in [0.5, 0.6) is 0 Å². The molecule has 1 aliphatic heterocycles. The average molecular weight is 158 g/mol. The van der Waals surface area contributed by atoms with E-state index in [1.807, 2.05) is 14.0 Å². The predicted molar refractivity (Wildman–Crippen MR) is 45.3 cm³/mol. The van der Waals surface area contributed by atoms with E-state index in [1.54, 1.807) is 0 Å². The number of likely N-dealkylation sites (N-methyl/N-ethyl adjacent to an activating group) is 1. The van der Waals surface area contributed by atoms with Gasteiger partial charge in [-0.15, -0.1) is 0 Å². The monoisotopic (exact) mass is 158 g/mol. The number of hydrogen-bond acceptors (Lipinski definition) is 3. The Labute approximate surface area is 68.2 Å². The van der Waals surface area contributed by atoms with Gasteiger partial charge in [0.1, 0.15) is 0 Å². The zero-order valence-corrected chi connectivity index (χ0v) is 7.38. The van der Waals surface area contributed by atoms with E-state index in [1.165, 1.54) is 0 Å². The minimum Gasteiger partial charge on any atom is -0.387 e. The lowest BCUT2D eigenvalue weighted by atomic mass is 9.92. The highest BCUT2D eigenvalue weighted by molar-refractivity contribution is 4.96. The molecule has 1 fully saturated rings. The number of nitrogens with two attached hydrogens (primary N) is 1. The molecule has 1 rings (SSSR count). The molecule has 66 valence electrons. The van der Waals surface area contributed by atoms with Crippen LogP contribution in [-0.2, 0) is 0 Å². The second-order valence-corrected chi connectivity index (χ2v) is 3.61. The third kappa shape index (κ3) is 1.72. The first kappa shape index (κ1) is 8.97. The summed E-state index contributed by atoms with van der Waals surface area (Å²) in [6.07, 6.45) is 1.67. The Hall–Kier alpha value is -0.120. The van der Waals surface area contributed by atoms with Gasteiger partial charge < -0.3 is 15.7 Å². The molecule has 3 N–H and O–H groups in total. The molecule has 1 saturated heterocycles. The summed E-state index contributed by atoms with van der Waals surface area (Å²) in [4.78, 5) is 2.12. The van der Waals surface area contributed by atoms with Crippen LogP contribution in [0.3, 0.4) is 0 Å². The van der Waals surface area contributed by atoms with Gasteiger partial charge in [-0.2, -0.15) is 0 Å². The van der Waals surface area contributed by atoms with Gasteiger partial charge in [-0.3, -0.25) is 0 Å². The normalized spacial score (nSPS) is 36.0. The van der Waals surface area contributed by atoms with Crippen LogP contribution in [-0.4, -0.2) is 41.8 Å². The Morgan fingerprint density at radius 1 is 1.73 bits per heavy atom. The molecular weight excluding hydrogens is 140 g/mol. The van der Waals surface area contributed by atoms with Gasteiger partial charge in [-0.1, -0.05) is 6.92 Å². The highest BCUT2D eigenvalue weighted by Crippen LogP contribution is 2.23. The SMILES string of the molecule is CCC(N)C1(O)CCN(C)C1. The predicted octanol–water partition coefficient (Wildman–Crippen LogP) is -0.210. The molecule has 11 heavy (non-hydrogen) atoms. The summed E-state index contributed by atoms with van der Waals surface area (Å²) in [5.74, 6) is 0. The fourth-order valence-electron chi connectivity index (χ4n) is 1.69. The summed E-state index contributed by atoms with van der Waals surface area (Å²) in [6.45, 7) is 3.70. The van der Waals surface area contributed by atoms with E-state index in [2.05, 4.69) is 4.90 Å². The van der Waals surface area contributed by atoms with Crippen LogP contribution in [0.2, 0.25) is 0 Å². The fraction of sp³-hybridized carbons (Fsp3) is 1.00. The summed E-state index contributed by atoms with van der Waals surface area (Å²) in [7, 11) is 2.01. The fourth-order valence-corrected chi connectivity index (χ4v) is 1.69. The number of nitrogens with zero attached hydrogens (tertiary/aromatic N) is 1. The lowest BCUT2D eigenvalue weighted by molar-refractivity contribution is 0.0244. The van der Waals surface area contributed by atoms with Crippen LogP contribution >= 0.6 is 0 Å². The van der Waals surface area contributed by atoms with Gasteiger partial charge >= 0.3 is 0 Å². The maximum atomic E-state index is 9.96. The van der Waals surface area contributed by atoms with Crippen molar-refractivity contribution in [2.24, 2.45) is 5.73 Å². The first-order chi connectivity index (χ1) is 5.08. The Balaban J connectivity index is 2.54. The van der Waals surface area contributed by atoms with Crippen LogP contribution in [0.25, 0.3) is 0 Å². The number of likely N-dealkylation sites (tertiary alicyclic amines) is 1. The minimum atomic E-state index is -0.622. The van der Waals surface area contributed by atoms with Gasteiger partial charge in [0.25, 0.3) is 0 Å². The van der Waals surface area contributed by atoms with Crippen molar-refractivity contribution in [1.29, 1.82) is 0 Å². The van der Waals surface area contributed by atoms with Crippen molar-refractivity contribution in [2.75, 3.05) is 20.1 Å². The molecule has 1 heterocycles. The molecule has 0 bridgehead atoms. The summed E-state index contributed by atoms with van der Waals surface area (Å²) >= 11 is 0. The van der Waals surface area contributed by atoms with E-state index in [0.717, 1.165) is 25.9 Å². The van der Waals surface area contributed by atoms with Crippen molar-refractivity contribution in [3.8, 4) is 0 Å². The molecule has 0 saturated carbocycles. The third-order valence-electron chi connectivity index (χ3n) is 2.60. The molecule has 0 radical (unpaired) electrons. The van der Waals surface area contributed by atoms with Gasteiger partial charge in [-0.25, -0.2) is 0 Å². The Bertz CT molecular complexity index is 140. The standard InChI is InChI=1S/C8H18N2O/c1-3-7(9)8(11)4-5-10(2)6-8/h7,11H,3-6,9H2,1-2H3. The minimum absolute atomic E-state index is 0.0625. The van der Waals surface area contributed by atoms with Crippen molar-refractivity contribution >= 4 is 0 Å². The van der Waals surface area contributed by atoms with Crippen LogP contribution < -0.4 is 5.73 Å². The zero-order chi connectivity index (χ0) is 8.48. The van der Waals surface area contributed by atoms with Gasteiger partial charge in [0.2, 0.25) is 0 Å². The lowest BCUT2D eigenvalue weighted by Crippen LogP contribution is -2.49. The zero-order valence-electron chi connectivity index (χ0n) is 7.38. The van der Waals surface area contributed by atoms with Crippen molar-refractivity contribution in [2.45, 2.75) is 31.4 Å². The summed E-state index contributed by atoms with van der Waals surface area (Å²) in [5, 5.41) is 9.96. The van der Waals surface area contributed by atoms with Gasteiger partial charge in [0, 0.05) is 19.1 Å².